The normalized spacial score (nSPS) is 12.8. The fourth-order valence-electron chi connectivity index (χ4n) is 8.10. The third kappa shape index (κ3) is 4.70. The Hall–Kier alpha value is -6.18. The number of aryl methyl sites for hydroxylation is 1. The van der Waals surface area contributed by atoms with Crippen LogP contribution in [-0.2, 0) is 5.41 Å². The lowest BCUT2D eigenvalue weighted by molar-refractivity contribution is 0.769. The van der Waals surface area contributed by atoms with Crippen LogP contribution in [-0.4, -0.2) is 0 Å². The van der Waals surface area contributed by atoms with Gasteiger partial charge in [0.1, 0.15) is 0 Å². The lowest BCUT2D eigenvalue weighted by Gasteiger charge is -2.34. The van der Waals surface area contributed by atoms with Crippen LogP contribution in [0.1, 0.15) is 27.8 Å². The second-order valence-electron chi connectivity index (χ2n) is 13.0. The molecule has 0 atom stereocenters. The summed E-state index contributed by atoms with van der Waals surface area (Å²) in [5.41, 5.74) is 14.4. The lowest BCUT2D eigenvalue weighted by Crippen LogP contribution is -2.28. The monoisotopic (exact) mass is 625 g/mol. The van der Waals surface area contributed by atoms with Crippen molar-refractivity contribution in [1.29, 1.82) is 0 Å². The van der Waals surface area contributed by atoms with Crippen molar-refractivity contribution in [2.75, 3.05) is 4.90 Å². The van der Waals surface area contributed by atoms with Gasteiger partial charge in [-0.2, -0.15) is 0 Å². The molecule has 0 aromatic heterocycles. The highest BCUT2D eigenvalue weighted by Gasteiger charge is 2.46. The summed E-state index contributed by atoms with van der Waals surface area (Å²) >= 11 is 0. The maximum Gasteiger partial charge on any atom is 0.0713 e. The first-order valence-corrected chi connectivity index (χ1v) is 17.0. The molecular weight excluding hydrogens is 591 g/mol. The summed E-state index contributed by atoms with van der Waals surface area (Å²) in [5, 5.41) is 2.55. The number of nitrogens with zero attached hydrogens (tertiary/aromatic N) is 1. The van der Waals surface area contributed by atoms with Gasteiger partial charge in [-0.05, 0) is 110 Å². The molecule has 1 aliphatic rings. The molecule has 1 heteroatoms. The fraction of sp³-hybridized carbons (Fsp3) is 0.0417. The summed E-state index contributed by atoms with van der Waals surface area (Å²) in [6, 6.07) is 71.0. The summed E-state index contributed by atoms with van der Waals surface area (Å²) in [6.45, 7) is 2.20. The van der Waals surface area contributed by atoms with Crippen LogP contribution in [0, 0.1) is 6.92 Å². The summed E-state index contributed by atoms with van der Waals surface area (Å²) in [6.07, 6.45) is 0. The zero-order chi connectivity index (χ0) is 32.8. The van der Waals surface area contributed by atoms with E-state index in [2.05, 4.69) is 206 Å². The van der Waals surface area contributed by atoms with Crippen molar-refractivity contribution in [2.45, 2.75) is 12.3 Å². The summed E-state index contributed by atoms with van der Waals surface area (Å²) in [7, 11) is 0. The average Bonchev–Trinajstić information content (AvgIpc) is 3.47. The Kier molecular flexibility index (Phi) is 6.99. The molecule has 8 aromatic carbocycles. The van der Waals surface area contributed by atoms with Gasteiger partial charge in [0.2, 0.25) is 0 Å². The van der Waals surface area contributed by atoms with Crippen LogP contribution in [0.2, 0.25) is 0 Å². The zero-order valence-electron chi connectivity index (χ0n) is 27.4. The summed E-state index contributed by atoms with van der Waals surface area (Å²) in [4.78, 5) is 2.35. The molecule has 8 aromatic rings. The van der Waals surface area contributed by atoms with Gasteiger partial charge in [0.25, 0.3) is 0 Å². The quantitative estimate of drug-likeness (QED) is 0.178. The standard InChI is InChI=1S/C48H35N/c1-34-30-37(32-42(31-34)49(40-21-10-4-11-22-40)41-23-12-5-13-24-41)36-27-28-45-44(33-36)47-43-25-15-14-16-35(43)26-29-46(47)48(45,38-17-6-2-7-18-38)39-19-8-3-9-20-39/h2-33H,1H3. The van der Waals surface area contributed by atoms with Gasteiger partial charge in [0.15, 0.2) is 0 Å². The van der Waals surface area contributed by atoms with Crippen molar-refractivity contribution in [3.8, 4) is 22.3 Å². The van der Waals surface area contributed by atoms with Gasteiger partial charge >= 0.3 is 0 Å². The molecule has 0 heterocycles. The predicted octanol–water partition coefficient (Wildman–Crippen LogP) is 12.6. The van der Waals surface area contributed by atoms with Crippen LogP contribution < -0.4 is 4.90 Å². The number of para-hydroxylation sites is 2. The molecule has 1 nitrogen and oxygen atoms in total. The first-order chi connectivity index (χ1) is 24.2. The van der Waals surface area contributed by atoms with E-state index in [4.69, 9.17) is 0 Å². The molecule has 0 aliphatic heterocycles. The largest absolute Gasteiger partial charge is 0.310 e. The van der Waals surface area contributed by atoms with Crippen molar-refractivity contribution in [3.63, 3.8) is 0 Å². The summed E-state index contributed by atoms with van der Waals surface area (Å²) in [5.74, 6) is 0. The molecule has 0 unspecified atom stereocenters. The molecule has 1 aliphatic carbocycles. The van der Waals surface area contributed by atoms with E-state index in [1.807, 2.05) is 0 Å². The van der Waals surface area contributed by atoms with Gasteiger partial charge in [-0.15, -0.1) is 0 Å². The number of hydrogen-bond acceptors (Lipinski definition) is 1. The van der Waals surface area contributed by atoms with Crippen molar-refractivity contribution < 1.29 is 0 Å². The van der Waals surface area contributed by atoms with E-state index < -0.39 is 5.41 Å². The minimum absolute atomic E-state index is 0.440. The Morgan fingerprint density at radius 2 is 0.959 bits per heavy atom. The Morgan fingerprint density at radius 1 is 0.408 bits per heavy atom. The van der Waals surface area contributed by atoms with Crippen LogP contribution >= 0.6 is 0 Å². The third-order valence-corrected chi connectivity index (χ3v) is 10.1. The molecule has 232 valence electrons. The molecule has 0 radical (unpaired) electrons. The van der Waals surface area contributed by atoms with E-state index in [9.17, 15) is 0 Å². The Morgan fingerprint density at radius 3 is 1.59 bits per heavy atom. The molecule has 0 spiro atoms. The Bertz CT molecular complexity index is 2350. The Labute approximate surface area is 288 Å². The van der Waals surface area contributed by atoms with E-state index >= 15 is 0 Å². The molecule has 9 rings (SSSR count). The van der Waals surface area contributed by atoms with Crippen molar-refractivity contribution in [2.24, 2.45) is 0 Å². The highest BCUT2D eigenvalue weighted by atomic mass is 15.1. The van der Waals surface area contributed by atoms with Crippen LogP contribution in [0.3, 0.4) is 0 Å². The second-order valence-corrected chi connectivity index (χ2v) is 13.0. The second kappa shape index (κ2) is 11.8. The van der Waals surface area contributed by atoms with E-state index in [0.717, 1.165) is 17.1 Å². The average molecular weight is 626 g/mol. The zero-order valence-corrected chi connectivity index (χ0v) is 27.4. The third-order valence-electron chi connectivity index (χ3n) is 10.1. The molecule has 49 heavy (non-hydrogen) atoms. The predicted molar refractivity (Wildman–Crippen MR) is 206 cm³/mol. The van der Waals surface area contributed by atoms with Gasteiger partial charge in [-0.3, -0.25) is 0 Å². The van der Waals surface area contributed by atoms with Crippen molar-refractivity contribution in [3.05, 3.63) is 222 Å². The number of anilines is 3. The Balaban J connectivity index is 1.30. The van der Waals surface area contributed by atoms with E-state index in [1.165, 1.54) is 60.8 Å². The van der Waals surface area contributed by atoms with Gasteiger partial charge in [-0.25, -0.2) is 0 Å². The number of hydrogen-bond donors (Lipinski definition) is 0. The highest BCUT2D eigenvalue weighted by Crippen LogP contribution is 2.58. The molecule has 0 saturated carbocycles. The van der Waals surface area contributed by atoms with Crippen molar-refractivity contribution >= 4 is 27.8 Å². The van der Waals surface area contributed by atoms with Crippen LogP contribution in [0.15, 0.2) is 194 Å². The van der Waals surface area contributed by atoms with Crippen LogP contribution in [0.5, 0.6) is 0 Å². The maximum absolute atomic E-state index is 2.45. The fourth-order valence-corrected chi connectivity index (χ4v) is 8.10. The van der Waals surface area contributed by atoms with Gasteiger partial charge in [-0.1, -0.05) is 152 Å². The molecular formula is C48H35N. The van der Waals surface area contributed by atoms with E-state index in [1.54, 1.807) is 0 Å². The van der Waals surface area contributed by atoms with Gasteiger partial charge in [0.05, 0.1) is 5.41 Å². The van der Waals surface area contributed by atoms with Crippen molar-refractivity contribution in [1.82, 2.24) is 0 Å². The molecule has 0 saturated heterocycles. The maximum atomic E-state index is 2.45. The van der Waals surface area contributed by atoms with E-state index in [-0.39, 0.29) is 0 Å². The minimum Gasteiger partial charge on any atom is -0.310 e. The van der Waals surface area contributed by atoms with Crippen LogP contribution in [0.4, 0.5) is 17.1 Å². The minimum atomic E-state index is -0.440. The van der Waals surface area contributed by atoms with E-state index in [0.29, 0.717) is 0 Å². The van der Waals surface area contributed by atoms with Gasteiger partial charge in [0, 0.05) is 17.1 Å². The molecule has 0 bridgehead atoms. The number of benzene rings is 8. The smallest absolute Gasteiger partial charge is 0.0713 e. The van der Waals surface area contributed by atoms with Crippen LogP contribution in [0.25, 0.3) is 33.0 Å². The molecule has 0 amide bonds. The summed E-state index contributed by atoms with van der Waals surface area (Å²) < 4.78 is 0. The molecule has 0 fully saturated rings. The van der Waals surface area contributed by atoms with Gasteiger partial charge < -0.3 is 4.90 Å². The topological polar surface area (TPSA) is 3.24 Å². The number of fused-ring (bicyclic) bond motifs is 5. The first-order valence-electron chi connectivity index (χ1n) is 17.0. The SMILES string of the molecule is Cc1cc(-c2ccc3c(c2)-c2c(ccc4ccccc24)C3(c2ccccc2)c2ccccc2)cc(N(c2ccccc2)c2ccccc2)c1. The molecule has 0 N–H and O–H groups in total. The first kappa shape index (κ1) is 29.0. The number of rotatable bonds is 6. The highest BCUT2D eigenvalue weighted by molar-refractivity contribution is 6.04. The lowest BCUT2D eigenvalue weighted by atomic mass is 9.67.